The van der Waals surface area contributed by atoms with Crippen LogP contribution in [0.15, 0.2) is 59.0 Å². The molecule has 6 nitrogen and oxygen atoms in total. The molecule has 0 atom stereocenters. The van der Waals surface area contributed by atoms with Gasteiger partial charge in [-0.3, -0.25) is 10.1 Å². The summed E-state index contributed by atoms with van der Waals surface area (Å²) in [6, 6.07) is 12.7. The van der Waals surface area contributed by atoms with E-state index in [0.29, 0.717) is 32.8 Å². The van der Waals surface area contributed by atoms with Gasteiger partial charge < -0.3 is 14.8 Å². The number of carbonyl (C=O) groups is 2. The molecular formula is C21H13Cl3N2O4S. The first-order valence-corrected chi connectivity index (χ1v) is 10.1. The molecule has 3 rings (SSSR count). The number of rotatable bonds is 5. The quantitative estimate of drug-likeness (QED) is 0.291. The Morgan fingerprint density at radius 1 is 1.00 bits per heavy atom. The van der Waals surface area contributed by atoms with Crippen LogP contribution in [0.4, 0.5) is 5.69 Å². The van der Waals surface area contributed by atoms with Gasteiger partial charge in [-0.25, -0.2) is 4.79 Å². The molecule has 0 aliphatic heterocycles. The molecule has 0 unspecified atom stereocenters. The van der Waals surface area contributed by atoms with Crippen LogP contribution in [0.25, 0.3) is 17.4 Å². The van der Waals surface area contributed by atoms with Crippen molar-refractivity contribution in [2.75, 3.05) is 5.32 Å². The SMILES string of the molecule is O=C(/C=C/c1ccc(-c2cc(Cl)cc(Cl)c2)o1)NC(=S)Nc1ccc(Cl)c(C(=O)O)c1. The number of carboxylic acid groups (broad SMARTS) is 1. The Morgan fingerprint density at radius 2 is 1.71 bits per heavy atom. The van der Waals surface area contributed by atoms with E-state index in [1.807, 2.05) is 0 Å². The second-order valence-electron chi connectivity index (χ2n) is 6.14. The summed E-state index contributed by atoms with van der Waals surface area (Å²) in [5, 5.41) is 15.3. The second-order valence-corrected chi connectivity index (χ2v) is 7.82. The fraction of sp³-hybridized carbons (Fsp3) is 0. The van der Waals surface area contributed by atoms with Crippen LogP contribution >= 0.6 is 47.0 Å². The predicted molar refractivity (Wildman–Crippen MR) is 126 cm³/mol. The maximum absolute atomic E-state index is 12.1. The van der Waals surface area contributed by atoms with Crippen LogP contribution in [0.1, 0.15) is 16.1 Å². The molecule has 1 heterocycles. The van der Waals surface area contributed by atoms with E-state index in [-0.39, 0.29) is 15.7 Å². The van der Waals surface area contributed by atoms with Crippen LogP contribution in [-0.2, 0) is 4.79 Å². The minimum absolute atomic E-state index is 0.0120. The fourth-order valence-corrected chi connectivity index (χ4v) is 3.48. The zero-order valence-corrected chi connectivity index (χ0v) is 18.6. The molecule has 10 heteroatoms. The largest absolute Gasteiger partial charge is 0.478 e. The summed E-state index contributed by atoms with van der Waals surface area (Å²) in [5.41, 5.74) is 0.984. The number of halogens is 3. The summed E-state index contributed by atoms with van der Waals surface area (Å²) in [6.07, 6.45) is 2.71. The van der Waals surface area contributed by atoms with Crippen molar-refractivity contribution >= 4 is 75.8 Å². The van der Waals surface area contributed by atoms with Crippen molar-refractivity contribution in [2.24, 2.45) is 0 Å². The van der Waals surface area contributed by atoms with E-state index in [2.05, 4.69) is 10.6 Å². The fourth-order valence-electron chi connectivity index (χ4n) is 2.53. The smallest absolute Gasteiger partial charge is 0.337 e. The molecule has 0 spiro atoms. The predicted octanol–water partition coefficient (Wildman–Crippen LogP) is 6.13. The highest BCUT2D eigenvalue weighted by Crippen LogP contribution is 2.29. The average molecular weight is 496 g/mol. The molecule has 0 aliphatic rings. The minimum atomic E-state index is -1.18. The van der Waals surface area contributed by atoms with Crippen LogP contribution in [0.3, 0.4) is 0 Å². The molecule has 0 radical (unpaired) electrons. The number of aromatic carboxylic acids is 1. The van der Waals surface area contributed by atoms with Gasteiger partial charge in [0, 0.05) is 27.4 Å². The van der Waals surface area contributed by atoms with Gasteiger partial charge >= 0.3 is 5.97 Å². The number of carbonyl (C=O) groups excluding carboxylic acids is 1. The second kappa shape index (κ2) is 9.98. The molecule has 0 aliphatic carbocycles. The number of hydrogen-bond donors (Lipinski definition) is 3. The standard InChI is InChI=1S/C21H13Cl3N2O4S/c22-12-7-11(8-13(23)9-12)18-5-2-15(30-18)3-6-19(27)26-21(31)25-14-1-4-17(24)16(10-14)20(28)29/h1-10H,(H,28,29)(H2,25,26,27,31)/b6-3+. The number of carboxylic acids is 1. The van der Waals surface area contributed by atoms with Crippen LogP contribution in [0.2, 0.25) is 15.1 Å². The van der Waals surface area contributed by atoms with Crippen molar-refractivity contribution in [1.82, 2.24) is 5.32 Å². The number of hydrogen-bond acceptors (Lipinski definition) is 4. The van der Waals surface area contributed by atoms with E-state index >= 15 is 0 Å². The lowest BCUT2D eigenvalue weighted by atomic mass is 10.2. The summed E-state index contributed by atoms with van der Waals surface area (Å²) in [4.78, 5) is 23.2. The van der Waals surface area contributed by atoms with Gasteiger partial charge in [0.25, 0.3) is 0 Å². The van der Waals surface area contributed by atoms with Gasteiger partial charge in [-0.05, 0) is 66.8 Å². The van der Waals surface area contributed by atoms with Crippen molar-refractivity contribution in [3.63, 3.8) is 0 Å². The maximum atomic E-state index is 12.1. The third-order valence-electron chi connectivity index (χ3n) is 3.86. The Labute approximate surface area is 197 Å². The number of furan rings is 1. The molecular weight excluding hydrogens is 483 g/mol. The number of thiocarbonyl (C=S) groups is 1. The van der Waals surface area contributed by atoms with Crippen molar-refractivity contribution in [1.29, 1.82) is 0 Å². The summed E-state index contributed by atoms with van der Waals surface area (Å²) in [7, 11) is 0. The Morgan fingerprint density at radius 3 is 2.39 bits per heavy atom. The lowest BCUT2D eigenvalue weighted by Crippen LogP contribution is -2.32. The van der Waals surface area contributed by atoms with Gasteiger partial charge in [0.2, 0.25) is 5.91 Å². The summed E-state index contributed by atoms with van der Waals surface area (Å²) in [5.74, 6) is -0.708. The van der Waals surface area contributed by atoms with Crippen LogP contribution in [0, 0.1) is 0 Å². The molecule has 2 aromatic carbocycles. The van der Waals surface area contributed by atoms with Gasteiger partial charge in [0.1, 0.15) is 11.5 Å². The Kier molecular flexibility index (Phi) is 7.35. The van der Waals surface area contributed by atoms with E-state index in [1.54, 1.807) is 30.3 Å². The zero-order valence-electron chi connectivity index (χ0n) is 15.5. The minimum Gasteiger partial charge on any atom is -0.478 e. The van der Waals surface area contributed by atoms with Crippen LogP contribution in [-0.4, -0.2) is 22.1 Å². The number of benzene rings is 2. The van der Waals surface area contributed by atoms with E-state index in [0.717, 1.165) is 0 Å². The molecule has 0 fully saturated rings. The van der Waals surface area contributed by atoms with E-state index < -0.39 is 11.9 Å². The molecule has 3 aromatic rings. The molecule has 1 amide bonds. The molecule has 3 N–H and O–H groups in total. The molecule has 158 valence electrons. The van der Waals surface area contributed by atoms with Gasteiger partial charge in [-0.1, -0.05) is 34.8 Å². The van der Waals surface area contributed by atoms with Crippen molar-refractivity contribution in [3.8, 4) is 11.3 Å². The first-order chi connectivity index (χ1) is 14.7. The monoisotopic (exact) mass is 494 g/mol. The van der Waals surface area contributed by atoms with E-state index in [1.165, 1.54) is 30.4 Å². The number of anilines is 1. The zero-order chi connectivity index (χ0) is 22.5. The normalized spacial score (nSPS) is 10.8. The van der Waals surface area contributed by atoms with Crippen LogP contribution in [0.5, 0.6) is 0 Å². The first-order valence-electron chi connectivity index (χ1n) is 8.60. The highest BCUT2D eigenvalue weighted by molar-refractivity contribution is 7.80. The van der Waals surface area contributed by atoms with Gasteiger partial charge in [-0.2, -0.15) is 0 Å². The topological polar surface area (TPSA) is 91.6 Å². The number of amides is 1. The summed E-state index contributed by atoms with van der Waals surface area (Å²) < 4.78 is 5.68. The van der Waals surface area contributed by atoms with Gasteiger partial charge in [0.05, 0.1) is 10.6 Å². The van der Waals surface area contributed by atoms with Crippen molar-refractivity contribution in [2.45, 2.75) is 0 Å². The Hall–Kier alpha value is -2.84. The third kappa shape index (κ3) is 6.32. The van der Waals surface area contributed by atoms with Crippen molar-refractivity contribution in [3.05, 3.63) is 81.0 Å². The molecule has 0 saturated heterocycles. The lowest BCUT2D eigenvalue weighted by molar-refractivity contribution is -0.115. The molecule has 0 saturated carbocycles. The highest BCUT2D eigenvalue weighted by atomic mass is 35.5. The first kappa shape index (κ1) is 22.8. The summed E-state index contributed by atoms with van der Waals surface area (Å²) >= 11 is 22.9. The van der Waals surface area contributed by atoms with E-state index in [4.69, 9.17) is 56.5 Å². The Bertz CT molecular complexity index is 1190. The molecule has 1 aromatic heterocycles. The maximum Gasteiger partial charge on any atom is 0.337 e. The van der Waals surface area contributed by atoms with Gasteiger partial charge in [-0.15, -0.1) is 0 Å². The van der Waals surface area contributed by atoms with Crippen LogP contribution < -0.4 is 10.6 Å². The summed E-state index contributed by atoms with van der Waals surface area (Å²) in [6.45, 7) is 0. The number of nitrogens with one attached hydrogen (secondary N) is 2. The van der Waals surface area contributed by atoms with Gasteiger partial charge in [0.15, 0.2) is 5.11 Å². The third-order valence-corrected chi connectivity index (χ3v) is 4.83. The molecule has 0 bridgehead atoms. The Balaban J connectivity index is 1.61. The van der Waals surface area contributed by atoms with Crippen molar-refractivity contribution < 1.29 is 19.1 Å². The van der Waals surface area contributed by atoms with E-state index in [9.17, 15) is 9.59 Å². The highest BCUT2D eigenvalue weighted by Gasteiger charge is 2.11. The average Bonchev–Trinajstić information content (AvgIpc) is 3.16. The lowest BCUT2D eigenvalue weighted by Gasteiger charge is -2.09. The molecule has 31 heavy (non-hydrogen) atoms.